The first-order chi connectivity index (χ1) is 11.6. The number of carbonyl (C=O) groups is 1. The van der Waals surface area contributed by atoms with Gasteiger partial charge in [-0.3, -0.25) is 4.79 Å². The van der Waals surface area contributed by atoms with Gasteiger partial charge in [-0.05, 0) is 48.9 Å². The summed E-state index contributed by atoms with van der Waals surface area (Å²) in [7, 11) is 0. The lowest BCUT2D eigenvalue weighted by atomic mass is 10.1. The number of hydrogen-bond donors (Lipinski definition) is 2. The summed E-state index contributed by atoms with van der Waals surface area (Å²) < 4.78 is 17.8. The lowest BCUT2D eigenvalue weighted by Gasteiger charge is -2.07. The standard InChI is InChI=1S/C18H16FN3O2/c1-12-10-17(22-24-12)20-15-6-8-16(9-7-15)21-18(23)11-13-2-4-14(19)5-3-13/h2-10H,11H2,1H3,(H,20,22)(H,21,23). The van der Waals surface area contributed by atoms with Gasteiger partial charge in [-0.2, -0.15) is 0 Å². The number of halogens is 1. The lowest BCUT2D eigenvalue weighted by molar-refractivity contribution is -0.115. The normalized spacial score (nSPS) is 10.4. The van der Waals surface area contributed by atoms with E-state index < -0.39 is 0 Å². The molecule has 0 atom stereocenters. The number of aromatic nitrogens is 1. The van der Waals surface area contributed by atoms with E-state index in [0.717, 1.165) is 17.0 Å². The van der Waals surface area contributed by atoms with Crippen molar-refractivity contribution in [2.24, 2.45) is 0 Å². The molecule has 3 aromatic rings. The second-order valence-corrected chi connectivity index (χ2v) is 5.38. The molecule has 0 radical (unpaired) electrons. The Hall–Kier alpha value is -3.15. The first kappa shape index (κ1) is 15.7. The fourth-order valence-corrected chi connectivity index (χ4v) is 2.20. The van der Waals surface area contributed by atoms with E-state index in [1.807, 2.05) is 19.1 Å². The molecule has 3 rings (SSSR count). The summed E-state index contributed by atoms with van der Waals surface area (Å²) in [5, 5.41) is 9.76. The molecule has 5 nitrogen and oxygen atoms in total. The van der Waals surface area contributed by atoms with Crippen molar-refractivity contribution in [2.75, 3.05) is 10.6 Å². The minimum atomic E-state index is -0.315. The Balaban J connectivity index is 1.57. The van der Waals surface area contributed by atoms with Gasteiger partial charge in [0.1, 0.15) is 11.6 Å². The van der Waals surface area contributed by atoms with Crippen molar-refractivity contribution < 1.29 is 13.7 Å². The summed E-state index contributed by atoms with van der Waals surface area (Å²) in [6, 6.07) is 14.9. The molecule has 0 bridgehead atoms. The molecule has 1 heterocycles. The van der Waals surface area contributed by atoms with Gasteiger partial charge in [0.15, 0.2) is 5.82 Å². The Morgan fingerprint density at radius 2 is 1.75 bits per heavy atom. The molecule has 1 amide bonds. The van der Waals surface area contributed by atoms with Gasteiger partial charge < -0.3 is 15.2 Å². The van der Waals surface area contributed by atoms with Gasteiger partial charge in [0.25, 0.3) is 0 Å². The fraction of sp³-hybridized carbons (Fsp3) is 0.111. The fourth-order valence-electron chi connectivity index (χ4n) is 2.20. The molecule has 122 valence electrons. The molecule has 0 aliphatic heterocycles. The Kier molecular flexibility index (Phi) is 4.56. The largest absolute Gasteiger partial charge is 0.360 e. The van der Waals surface area contributed by atoms with Crippen LogP contribution in [0.1, 0.15) is 11.3 Å². The van der Waals surface area contributed by atoms with Crippen LogP contribution in [0.25, 0.3) is 0 Å². The number of carbonyl (C=O) groups excluding carboxylic acids is 1. The van der Waals surface area contributed by atoms with Crippen LogP contribution in [0.3, 0.4) is 0 Å². The zero-order valence-corrected chi connectivity index (χ0v) is 13.0. The highest BCUT2D eigenvalue weighted by molar-refractivity contribution is 5.92. The van der Waals surface area contributed by atoms with Gasteiger partial charge in [-0.25, -0.2) is 4.39 Å². The van der Waals surface area contributed by atoms with Crippen LogP contribution < -0.4 is 10.6 Å². The van der Waals surface area contributed by atoms with Crippen LogP contribution in [-0.4, -0.2) is 11.1 Å². The number of benzene rings is 2. The van der Waals surface area contributed by atoms with E-state index in [9.17, 15) is 9.18 Å². The second kappa shape index (κ2) is 6.95. The van der Waals surface area contributed by atoms with E-state index >= 15 is 0 Å². The summed E-state index contributed by atoms with van der Waals surface area (Å²) in [4.78, 5) is 12.0. The minimum Gasteiger partial charge on any atom is -0.360 e. The van der Waals surface area contributed by atoms with Gasteiger partial charge in [0, 0.05) is 17.4 Å². The number of hydrogen-bond acceptors (Lipinski definition) is 4. The molecule has 0 aliphatic carbocycles. The molecule has 2 N–H and O–H groups in total. The van der Waals surface area contributed by atoms with E-state index in [2.05, 4.69) is 15.8 Å². The summed E-state index contributed by atoms with van der Waals surface area (Å²) in [6.45, 7) is 1.82. The Morgan fingerprint density at radius 1 is 1.08 bits per heavy atom. The Labute approximate surface area is 138 Å². The van der Waals surface area contributed by atoms with Crippen LogP contribution >= 0.6 is 0 Å². The topological polar surface area (TPSA) is 67.2 Å². The van der Waals surface area contributed by atoms with Crippen molar-refractivity contribution in [3.63, 3.8) is 0 Å². The molecular weight excluding hydrogens is 309 g/mol. The van der Waals surface area contributed by atoms with Gasteiger partial charge in [-0.15, -0.1) is 0 Å². The van der Waals surface area contributed by atoms with E-state index in [1.54, 1.807) is 30.3 Å². The summed E-state index contributed by atoms with van der Waals surface area (Å²) in [5.74, 6) is 0.877. The smallest absolute Gasteiger partial charge is 0.228 e. The van der Waals surface area contributed by atoms with Gasteiger partial charge in [0.2, 0.25) is 5.91 Å². The van der Waals surface area contributed by atoms with Gasteiger partial charge in [0.05, 0.1) is 6.42 Å². The Morgan fingerprint density at radius 3 is 2.38 bits per heavy atom. The molecular formula is C18H16FN3O2. The maximum Gasteiger partial charge on any atom is 0.228 e. The highest BCUT2D eigenvalue weighted by Crippen LogP contribution is 2.19. The van der Waals surface area contributed by atoms with Crippen molar-refractivity contribution in [3.8, 4) is 0 Å². The van der Waals surface area contributed by atoms with E-state index in [4.69, 9.17) is 4.52 Å². The third-order valence-electron chi connectivity index (χ3n) is 3.35. The second-order valence-electron chi connectivity index (χ2n) is 5.38. The van der Waals surface area contributed by atoms with Crippen molar-refractivity contribution >= 4 is 23.1 Å². The average molecular weight is 325 g/mol. The van der Waals surface area contributed by atoms with E-state index in [0.29, 0.717) is 11.5 Å². The van der Waals surface area contributed by atoms with Gasteiger partial charge >= 0.3 is 0 Å². The third kappa shape index (κ3) is 4.19. The van der Waals surface area contributed by atoms with Crippen LogP contribution in [0.4, 0.5) is 21.6 Å². The molecule has 0 saturated carbocycles. The molecule has 0 fully saturated rings. The van der Waals surface area contributed by atoms with E-state index in [-0.39, 0.29) is 18.1 Å². The monoisotopic (exact) mass is 325 g/mol. The molecule has 0 aliphatic rings. The number of amides is 1. The lowest BCUT2D eigenvalue weighted by Crippen LogP contribution is -2.14. The van der Waals surface area contributed by atoms with Crippen LogP contribution in [0.5, 0.6) is 0 Å². The molecule has 2 aromatic carbocycles. The quantitative estimate of drug-likeness (QED) is 0.743. The molecule has 0 unspecified atom stereocenters. The van der Waals surface area contributed by atoms with Crippen LogP contribution in [0.15, 0.2) is 59.1 Å². The predicted octanol–water partition coefficient (Wildman–Crippen LogP) is 4.05. The molecule has 6 heteroatoms. The van der Waals surface area contributed by atoms with E-state index in [1.165, 1.54) is 12.1 Å². The molecule has 1 aromatic heterocycles. The number of aryl methyl sites for hydroxylation is 1. The van der Waals surface area contributed by atoms with Crippen LogP contribution in [-0.2, 0) is 11.2 Å². The average Bonchev–Trinajstić information content (AvgIpc) is 2.96. The molecule has 0 spiro atoms. The molecule has 24 heavy (non-hydrogen) atoms. The van der Waals surface area contributed by atoms with Crippen LogP contribution in [0.2, 0.25) is 0 Å². The number of nitrogens with one attached hydrogen (secondary N) is 2. The zero-order valence-electron chi connectivity index (χ0n) is 13.0. The Bertz CT molecular complexity index is 826. The van der Waals surface area contributed by atoms with Gasteiger partial charge in [-0.1, -0.05) is 17.3 Å². The highest BCUT2D eigenvalue weighted by Gasteiger charge is 2.05. The van der Waals surface area contributed by atoms with Crippen LogP contribution in [0, 0.1) is 12.7 Å². The summed E-state index contributed by atoms with van der Waals surface area (Å²) >= 11 is 0. The van der Waals surface area contributed by atoms with Crippen molar-refractivity contribution in [1.29, 1.82) is 0 Å². The maximum atomic E-state index is 12.8. The first-order valence-electron chi connectivity index (χ1n) is 7.43. The first-order valence-corrected chi connectivity index (χ1v) is 7.43. The molecule has 0 saturated heterocycles. The minimum absolute atomic E-state index is 0.158. The van der Waals surface area contributed by atoms with Crippen molar-refractivity contribution in [1.82, 2.24) is 5.16 Å². The number of nitrogens with zero attached hydrogens (tertiary/aromatic N) is 1. The number of rotatable bonds is 5. The zero-order chi connectivity index (χ0) is 16.9. The SMILES string of the molecule is Cc1cc(Nc2ccc(NC(=O)Cc3ccc(F)cc3)cc2)no1. The van der Waals surface area contributed by atoms with Crippen molar-refractivity contribution in [2.45, 2.75) is 13.3 Å². The predicted molar refractivity (Wildman–Crippen MR) is 89.7 cm³/mol. The summed E-state index contributed by atoms with van der Waals surface area (Å²) in [5.41, 5.74) is 2.28. The highest BCUT2D eigenvalue weighted by atomic mass is 19.1. The number of anilines is 3. The third-order valence-corrected chi connectivity index (χ3v) is 3.35. The summed E-state index contributed by atoms with van der Waals surface area (Å²) in [6.07, 6.45) is 0.193. The maximum absolute atomic E-state index is 12.8. The van der Waals surface area contributed by atoms with Crippen molar-refractivity contribution in [3.05, 3.63) is 71.7 Å².